The highest BCUT2D eigenvalue weighted by atomic mass is 16.3. The normalized spacial score (nSPS) is 11.0. The van der Waals surface area contributed by atoms with Gasteiger partial charge in [-0.3, -0.25) is 9.59 Å². The molecule has 2 heterocycles. The van der Waals surface area contributed by atoms with Crippen LogP contribution in [-0.2, 0) is 9.59 Å². The van der Waals surface area contributed by atoms with Crippen molar-refractivity contribution in [2.75, 3.05) is 0 Å². The molecular formula is C13H12N4O4. The quantitative estimate of drug-likeness (QED) is 0.466. The number of furan rings is 2. The molecule has 0 saturated heterocycles. The Morgan fingerprint density at radius 2 is 1.43 bits per heavy atom. The molecule has 0 unspecified atom stereocenters. The maximum atomic E-state index is 11.4. The maximum Gasteiger partial charge on any atom is 0.249 e. The van der Waals surface area contributed by atoms with E-state index in [0.29, 0.717) is 11.1 Å². The minimum Gasteiger partial charge on any atom is -0.472 e. The van der Waals surface area contributed by atoms with Crippen LogP contribution in [0.5, 0.6) is 0 Å². The van der Waals surface area contributed by atoms with Crippen LogP contribution < -0.4 is 10.9 Å². The molecule has 21 heavy (non-hydrogen) atoms. The first-order valence-corrected chi connectivity index (χ1v) is 5.92. The lowest BCUT2D eigenvalue weighted by Gasteiger charge is -1.98. The third-order valence-corrected chi connectivity index (χ3v) is 2.21. The first-order chi connectivity index (χ1) is 10.2. The van der Waals surface area contributed by atoms with Gasteiger partial charge in [-0.15, -0.1) is 0 Å². The van der Waals surface area contributed by atoms with E-state index in [1.807, 2.05) is 0 Å². The molecule has 108 valence electrons. The van der Waals surface area contributed by atoms with E-state index in [0.717, 1.165) is 0 Å². The second kappa shape index (κ2) is 7.43. The second-order valence-corrected chi connectivity index (χ2v) is 3.88. The van der Waals surface area contributed by atoms with Crippen molar-refractivity contribution >= 4 is 24.2 Å². The monoisotopic (exact) mass is 288 g/mol. The van der Waals surface area contributed by atoms with Gasteiger partial charge in [0.05, 0.1) is 37.5 Å². The van der Waals surface area contributed by atoms with Crippen molar-refractivity contribution in [2.24, 2.45) is 10.2 Å². The van der Waals surface area contributed by atoms with Crippen molar-refractivity contribution in [2.45, 2.75) is 6.42 Å². The van der Waals surface area contributed by atoms with Crippen LogP contribution in [0, 0.1) is 0 Å². The van der Waals surface area contributed by atoms with E-state index in [1.165, 1.54) is 37.5 Å². The molecule has 0 spiro atoms. The van der Waals surface area contributed by atoms with Crippen LogP contribution in [-0.4, -0.2) is 24.2 Å². The van der Waals surface area contributed by atoms with Crippen LogP contribution in [0.2, 0.25) is 0 Å². The molecule has 2 aromatic heterocycles. The van der Waals surface area contributed by atoms with Crippen LogP contribution >= 0.6 is 0 Å². The summed E-state index contributed by atoms with van der Waals surface area (Å²) in [5, 5.41) is 7.34. The lowest BCUT2D eigenvalue weighted by Crippen LogP contribution is -2.27. The summed E-state index contributed by atoms with van der Waals surface area (Å²) in [6, 6.07) is 3.35. The van der Waals surface area contributed by atoms with Crippen molar-refractivity contribution in [3.8, 4) is 0 Å². The topological polar surface area (TPSA) is 109 Å². The number of hydrogen-bond acceptors (Lipinski definition) is 6. The van der Waals surface area contributed by atoms with E-state index in [9.17, 15) is 9.59 Å². The zero-order chi connectivity index (χ0) is 14.9. The molecule has 0 atom stereocenters. The average molecular weight is 288 g/mol. The van der Waals surface area contributed by atoms with Crippen molar-refractivity contribution < 1.29 is 18.4 Å². The van der Waals surface area contributed by atoms with Gasteiger partial charge in [0.1, 0.15) is 6.42 Å². The molecule has 0 saturated carbocycles. The summed E-state index contributed by atoms with van der Waals surface area (Å²) in [4.78, 5) is 22.8. The smallest absolute Gasteiger partial charge is 0.249 e. The van der Waals surface area contributed by atoms with Crippen LogP contribution in [0.1, 0.15) is 17.5 Å². The fourth-order valence-electron chi connectivity index (χ4n) is 1.28. The number of nitrogens with zero attached hydrogens (tertiary/aromatic N) is 2. The largest absolute Gasteiger partial charge is 0.472 e. The van der Waals surface area contributed by atoms with Crippen LogP contribution in [0.4, 0.5) is 0 Å². The number of amides is 2. The molecule has 0 fully saturated rings. The Kier molecular flexibility index (Phi) is 5.05. The van der Waals surface area contributed by atoms with E-state index in [2.05, 4.69) is 21.1 Å². The number of rotatable bonds is 6. The number of carbonyl (C=O) groups is 2. The molecule has 8 heteroatoms. The van der Waals surface area contributed by atoms with E-state index >= 15 is 0 Å². The number of hydrogen-bond donors (Lipinski definition) is 2. The fourth-order valence-corrected chi connectivity index (χ4v) is 1.28. The molecule has 2 N–H and O–H groups in total. The van der Waals surface area contributed by atoms with Gasteiger partial charge >= 0.3 is 0 Å². The molecule has 0 aliphatic rings. The Morgan fingerprint density at radius 1 is 0.952 bits per heavy atom. The molecule has 2 aromatic rings. The molecule has 0 aliphatic carbocycles. The van der Waals surface area contributed by atoms with Crippen LogP contribution in [0.3, 0.4) is 0 Å². The van der Waals surface area contributed by atoms with Gasteiger partial charge in [-0.25, -0.2) is 10.9 Å². The maximum absolute atomic E-state index is 11.4. The molecule has 0 bridgehead atoms. The molecular weight excluding hydrogens is 276 g/mol. The predicted molar refractivity (Wildman–Crippen MR) is 73.5 cm³/mol. The highest BCUT2D eigenvalue weighted by Gasteiger charge is 2.07. The Labute approximate surface area is 119 Å². The first-order valence-electron chi connectivity index (χ1n) is 5.92. The Hall–Kier alpha value is -3.16. The highest BCUT2D eigenvalue weighted by Crippen LogP contribution is 1.95. The SMILES string of the molecule is O=C(CC(=O)N/N=C/c1ccoc1)N/N=C/c1ccoc1. The van der Waals surface area contributed by atoms with Crippen LogP contribution in [0.15, 0.2) is 56.2 Å². The first kappa shape index (κ1) is 14.3. The van der Waals surface area contributed by atoms with Crippen molar-refractivity contribution in [1.82, 2.24) is 10.9 Å². The standard InChI is InChI=1S/C13H12N4O4/c18-12(16-14-6-10-1-3-20-8-10)5-13(19)17-15-7-11-2-4-21-9-11/h1-4,6-9H,5H2,(H,16,18)(H,17,19)/b14-6+,15-7+. The van der Waals surface area contributed by atoms with E-state index in [1.54, 1.807) is 12.1 Å². The predicted octanol–water partition coefficient (Wildman–Crippen LogP) is 0.863. The Morgan fingerprint density at radius 3 is 1.81 bits per heavy atom. The summed E-state index contributed by atoms with van der Waals surface area (Å²) in [6.45, 7) is 0. The molecule has 8 nitrogen and oxygen atoms in total. The Bertz CT molecular complexity index is 573. The van der Waals surface area contributed by atoms with Gasteiger partial charge in [0, 0.05) is 11.1 Å². The summed E-state index contributed by atoms with van der Waals surface area (Å²) >= 11 is 0. The fraction of sp³-hybridized carbons (Fsp3) is 0.0769. The minimum atomic E-state index is -0.550. The molecule has 2 rings (SSSR count). The lowest BCUT2D eigenvalue weighted by molar-refractivity contribution is -0.129. The van der Waals surface area contributed by atoms with Crippen molar-refractivity contribution in [1.29, 1.82) is 0 Å². The number of carbonyl (C=O) groups excluding carboxylic acids is 2. The number of hydrazone groups is 2. The number of nitrogens with one attached hydrogen (secondary N) is 2. The third kappa shape index (κ3) is 5.15. The molecule has 0 aromatic carbocycles. The molecule has 0 radical (unpaired) electrons. The van der Waals surface area contributed by atoms with Gasteiger partial charge in [-0.2, -0.15) is 10.2 Å². The van der Waals surface area contributed by atoms with Crippen molar-refractivity contribution in [3.05, 3.63) is 48.3 Å². The average Bonchev–Trinajstić information content (AvgIpc) is 3.11. The zero-order valence-electron chi connectivity index (χ0n) is 10.9. The van der Waals surface area contributed by atoms with Gasteiger partial charge in [-0.05, 0) is 12.1 Å². The van der Waals surface area contributed by atoms with Crippen LogP contribution in [0.25, 0.3) is 0 Å². The zero-order valence-corrected chi connectivity index (χ0v) is 10.9. The van der Waals surface area contributed by atoms with E-state index < -0.39 is 11.8 Å². The van der Waals surface area contributed by atoms with Crippen molar-refractivity contribution in [3.63, 3.8) is 0 Å². The Balaban J connectivity index is 1.68. The second-order valence-electron chi connectivity index (χ2n) is 3.88. The van der Waals surface area contributed by atoms with Gasteiger partial charge in [-0.1, -0.05) is 0 Å². The highest BCUT2D eigenvalue weighted by molar-refractivity contribution is 5.97. The molecule has 0 aliphatic heterocycles. The van der Waals surface area contributed by atoms with E-state index in [-0.39, 0.29) is 6.42 Å². The van der Waals surface area contributed by atoms with Gasteiger partial charge in [0.15, 0.2) is 0 Å². The summed E-state index contributed by atoms with van der Waals surface area (Å²) in [6.07, 6.45) is 8.31. The minimum absolute atomic E-state index is 0.383. The summed E-state index contributed by atoms with van der Waals surface area (Å²) < 4.78 is 9.64. The van der Waals surface area contributed by atoms with Gasteiger partial charge in [0.2, 0.25) is 11.8 Å². The third-order valence-electron chi connectivity index (χ3n) is 2.21. The summed E-state index contributed by atoms with van der Waals surface area (Å²) in [5.41, 5.74) is 5.83. The summed E-state index contributed by atoms with van der Waals surface area (Å²) in [5.74, 6) is -1.10. The van der Waals surface area contributed by atoms with Gasteiger partial charge < -0.3 is 8.83 Å². The molecule has 2 amide bonds. The van der Waals surface area contributed by atoms with Gasteiger partial charge in [0.25, 0.3) is 0 Å². The lowest BCUT2D eigenvalue weighted by atomic mass is 10.4. The van der Waals surface area contributed by atoms with E-state index in [4.69, 9.17) is 8.83 Å². The summed E-state index contributed by atoms with van der Waals surface area (Å²) in [7, 11) is 0.